The van der Waals surface area contributed by atoms with Gasteiger partial charge in [-0.2, -0.15) is 11.8 Å². The Kier molecular flexibility index (Phi) is 10.8. The molecule has 2 aromatic rings. The SMILES string of the molecule is CC(=O)O[C@@H](C)C(=O)NCc1ccc([C@@H]2O[C@H](CSCCO)[C@H](C)[C@H](c3ccc(CO)cc3)O2)cc1. The lowest BCUT2D eigenvalue weighted by molar-refractivity contribution is -0.268. The molecule has 1 aliphatic rings. The van der Waals surface area contributed by atoms with Crippen LogP contribution in [0.1, 0.15) is 55.4 Å². The molecule has 1 amide bonds. The highest BCUT2D eigenvalue weighted by molar-refractivity contribution is 7.99. The summed E-state index contributed by atoms with van der Waals surface area (Å²) in [5, 5.41) is 21.3. The van der Waals surface area contributed by atoms with Crippen molar-refractivity contribution in [3.05, 3.63) is 70.8 Å². The van der Waals surface area contributed by atoms with Crippen LogP contribution >= 0.6 is 11.8 Å². The van der Waals surface area contributed by atoms with Crippen LogP contribution in [0.5, 0.6) is 0 Å². The smallest absolute Gasteiger partial charge is 0.303 e. The third-order valence-corrected chi connectivity index (χ3v) is 7.11. The van der Waals surface area contributed by atoms with E-state index in [1.54, 1.807) is 11.8 Å². The van der Waals surface area contributed by atoms with E-state index in [-0.39, 0.29) is 37.2 Å². The predicted molar refractivity (Wildman–Crippen MR) is 137 cm³/mol. The molecule has 0 aliphatic carbocycles. The first-order valence-corrected chi connectivity index (χ1v) is 13.2. The van der Waals surface area contributed by atoms with Crippen LogP contribution in [0, 0.1) is 5.92 Å². The number of thioether (sulfide) groups is 1. The molecular weight excluding hydrogens is 482 g/mol. The number of rotatable bonds is 11. The third-order valence-electron chi connectivity index (χ3n) is 6.07. The molecule has 3 rings (SSSR count). The van der Waals surface area contributed by atoms with Crippen LogP contribution in [0.3, 0.4) is 0 Å². The largest absolute Gasteiger partial charge is 0.453 e. The van der Waals surface area contributed by atoms with E-state index >= 15 is 0 Å². The normalized spacial score (nSPS) is 22.6. The third kappa shape index (κ3) is 7.78. The van der Waals surface area contributed by atoms with Crippen LogP contribution in [0.4, 0.5) is 0 Å². The van der Waals surface area contributed by atoms with Gasteiger partial charge in [-0.05, 0) is 23.6 Å². The standard InChI is InChI=1S/C27H35NO7S/c1-17-24(16-36-13-12-29)34-27(35-25(17)22-8-6-21(15-30)7-9-22)23-10-4-20(5-11-23)14-28-26(32)18(2)33-19(3)31/h4-11,17-18,24-25,27,29-30H,12-16H2,1-3H3,(H,28,32)/t17-,18-,24+,25+,27+/m0/s1. The Morgan fingerprint density at radius 3 is 2.28 bits per heavy atom. The topological polar surface area (TPSA) is 114 Å². The van der Waals surface area contributed by atoms with Crippen molar-refractivity contribution in [1.29, 1.82) is 0 Å². The molecule has 0 bridgehead atoms. The molecule has 5 atom stereocenters. The Balaban J connectivity index is 1.70. The minimum atomic E-state index is -0.850. The summed E-state index contributed by atoms with van der Waals surface area (Å²) in [5.41, 5.74) is 3.61. The molecule has 0 radical (unpaired) electrons. The molecule has 0 spiro atoms. The zero-order valence-corrected chi connectivity index (χ0v) is 21.7. The van der Waals surface area contributed by atoms with Crippen LogP contribution in [-0.2, 0) is 37.0 Å². The van der Waals surface area contributed by atoms with Gasteiger partial charge in [0.25, 0.3) is 5.91 Å². The minimum Gasteiger partial charge on any atom is -0.453 e. The number of carbonyl (C=O) groups is 2. The highest BCUT2D eigenvalue weighted by Gasteiger charge is 2.38. The van der Waals surface area contributed by atoms with Gasteiger partial charge >= 0.3 is 5.97 Å². The molecule has 0 aromatic heterocycles. The first kappa shape index (κ1) is 28.1. The lowest BCUT2D eigenvalue weighted by Crippen LogP contribution is -2.38. The zero-order valence-electron chi connectivity index (χ0n) is 20.9. The fourth-order valence-corrected chi connectivity index (χ4v) is 4.91. The molecular formula is C27H35NO7S. The molecule has 1 saturated heterocycles. The molecule has 3 N–H and O–H groups in total. The van der Waals surface area contributed by atoms with Crippen molar-refractivity contribution < 1.29 is 34.0 Å². The summed E-state index contributed by atoms with van der Waals surface area (Å²) < 4.78 is 17.7. The van der Waals surface area contributed by atoms with Gasteiger partial charge in [0.2, 0.25) is 0 Å². The summed E-state index contributed by atoms with van der Waals surface area (Å²) in [6, 6.07) is 15.4. The Bertz CT molecular complexity index is 983. The number of hydrogen-bond acceptors (Lipinski definition) is 8. The lowest BCUT2D eigenvalue weighted by atomic mass is 9.91. The van der Waals surface area contributed by atoms with Crippen molar-refractivity contribution >= 4 is 23.6 Å². The van der Waals surface area contributed by atoms with Crippen molar-refractivity contribution in [3.8, 4) is 0 Å². The van der Waals surface area contributed by atoms with Crippen LogP contribution in [0.2, 0.25) is 0 Å². The summed E-state index contributed by atoms with van der Waals surface area (Å²) in [5.74, 6) is 0.600. The Hall–Kier alpha value is -2.43. The van der Waals surface area contributed by atoms with Gasteiger partial charge in [-0.25, -0.2) is 0 Å². The molecule has 0 saturated carbocycles. The second-order valence-electron chi connectivity index (χ2n) is 8.83. The summed E-state index contributed by atoms with van der Waals surface area (Å²) in [4.78, 5) is 23.1. The number of hydrogen-bond donors (Lipinski definition) is 3. The predicted octanol–water partition coefficient (Wildman–Crippen LogP) is 3.26. The van der Waals surface area contributed by atoms with Gasteiger partial charge in [-0.1, -0.05) is 55.5 Å². The van der Waals surface area contributed by atoms with Gasteiger partial charge in [0.15, 0.2) is 12.4 Å². The number of amides is 1. The van der Waals surface area contributed by atoms with Crippen molar-refractivity contribution in [1.82, 2.24) is 5.32 Å². The fourth-order valence-electron chi connectivity index (χ4n) is 4.00. The lowest BCUT2D eigenvalue weighted by Gasteiger charge is -2.41. The van der Waals surface area contributed by atoms with Gasteiger partial charge in [-0.15, -0.1) is 0 Å². The Morgan fingerprint density at radius 2 is 1.67 bits per heavy atom. The van der Waals surface area contributed by atoms with E-state index in [1.165, 1.54) is 13.8 Å². The Morgan fingerprint density at radius 1 is 1.03 bits per heavy atom. The quantitative estimate of drug-likeness (QED) is 0.307. The van der Waals surface area contributed by atoms with Crippen LogP contribution in [0.25, 0.3) is 0 Å². The summed E-state index contributed by atoms with van der Waals surface area (Å²) >= 11 is 1.65. The van der Waals surface area contributed by atoms with Crippen molar-refractivity contribution in [2.45, 2.75) is 58.5 Å². The average Bonchev–Trinajstić information content (AvgIpc) is 2.88. The van der Waals surface area contributed by atoms with Crippen LogP contribution < -0.4 is 5.32 Å². The molecule has 1 aliphatic heterocycles. The van der Waals surface area contributed by atoms with Crippen molar-refractivity contribution in [3.63, 3.8) is 0 Å². The molecule has 196 valence electrons. The highest BCUT2D eigenvalue weighted by Crippen LogP contribution is 2.42. The maximum absolute atomic E-state index is 12.1. The number of esters is 1. The van der Waals surface area contributed by atoms with E-state index in [4.69, 9.17) is 14.2 Å². The second kappa shape index (κ2) is 13.8. The molecule has 2 aromatic carbocycles. The van der Waals surface area contributed by atoms with Crippen LogP contribution in [-0.4, -0.2) is 52.4 Å². The number of nitrogens with one attached hydrogen (secondary N) is 1. The van der Waals surface area contributed by atoms with Gasteiger partial charge in [-0.3, -0.25) is 9.59 Å². The number of ether oxygens (including phenoxy) is 3. The molecule has 8 nitrogen and oxygen atoms in total. The van der Waals surface area contributed by atoms with Gasteiger partial charge < -0.3 is 29.7 Å². The monoisotopic (exact) mass is 517 g/mol. The minimum absolute atomic E-state index is 0.0109. The maximum Gasteiger partial charge on any atom is 0.303 e. The van der Waals surface area contributed by atoms with E-state index in [1.807, 2.05) is 48.5 Å². The van der Waals surface area contributed by atoms with Gasteiger partial charge in [0.1, 0.15) is 0 Å². The second-order valence-corrected chi connectivity index (χ2v) is 9.98. The van der Waals surface area contributed by atoms with E-state index in [2.05, 4.69) is 12.2 Å². The fraction of sp³-hybridized carbons (Fsp3) is 0.481. The van der Waals surface area contributed by atoms with E-state index in [9.17, 15) is 19.8 Å². The van der Waals surface area contributed by atoms with Crippen molar-refractivity contribution in [2.24, 2.45) is 5.92 Å². The van der Waals surface area contributed by atoms with Gasteiger partial charge in [0.05, 0.1) is 25.4 Å². The summed E-state index contributed by atoms with van der Waals surface area (Å²) in [6.07, 6.45) is -1.70. The Labute approximate surface area is 216 Å². The number of carbonyl (C=O) groups excluding carboxylic acids is 2. The number of benzene rings is 2. The molecule has 36 heavy (non-hydrogen) atoms. The summed E-state index contributed by atoms with van der Waals surface area (Å²) in [7, 11) is 0. The highest BCUT2D eigenvalue weighted by atomic mass is 32.2. The van der Waals surface area contributed by atoms with Crippen LogP contribution in [0.15, 0.2) is 48.5 Å². The maximum atomic E-state index is 12.1. The van der Waals surface area contributed by atoms with E-state index < -0.39 is 18.4 Å². The van der Waals surface area contributed by atoms with E-state index in [0.29, 0.717) is 12.3 Å². The first-order valence-electron chi connectivity index (χ1n) is 12.0. The van der Waals surface area contributed by atoms with E-state index in [0.717, 1.165) is 28.0 Å². The molecule has 1 fully saturated rings. The average molecular weight is 518 g/mol. The molecule has 9 heteroatoms. The zero-order chi connectivity index (χ0) is 26.1. The van der Waals surface area contributed by atoms with Gasteiger partial charge in [0, 0.05) is 36.5 Å². The first-order chi connectivity index (χ1) is 17.3. The number of aliphatic hydroxyl groups is 2. The molecule has 1 heterocycles. The summed E-state index contributed by atoms with van der Waals surface area (Å²) in [6.45, 7) is 5.31. The number of aliphatic hydroxyl groups excluding tert-OH is 2. The molecule has 0 unspecified atom stereocenters. The van der Waals surface area contributed by atoms with Crippen molar-refractivity contribution in [2.75, 3.05) is 18.1 Å².